The van der Waals surface area contributed by atoms with Crippen molar-refractivity contribution >= 4 is 9.84 Å². The molecule has 0 radical (unpaired) electrons. The van der Waals surface area contributed by atoms with Crippen LogP contribution in [0.25, 0.3) is 0 Å². The third-order valence-electron chi connectivity index (χ3n) is 3.98. The molecule has 0 spiro atoms. The molecule has 2 unspecified atom stereocenters. The van der Waals surface area contributed by atoms with Crippen LogP contribution in [0.3, 0.4) is 0 Å². The Balaban J connectivity index is 2.34. The van der Waals surface area contributed by atoms with Crippen molar-refractivity contribution < 1.29 is 12.8 Å². The summed E-state index contributed by atoms with van der Waals surface area (Å²) in [6, 6.07) is 3.65. The molecule has 1 N–H and O–H groups in total. The maximum absolute atomic E-state index is 13.7. The molecule has 5 heteroatoms. The largest absolute Gasteiger partial charge is 0.310 e. The lowest BCUT2D eigenvalue weighted by Gasteiger charge is -2.25. The summed E-state index contributed by atoms with van der Waals surface area (Å²) in [6.45, 7) is 6.26. The minimum atomic E-state index is -2.91. The molecule has 1 fully saturated rings. The van der Waals surface area contributed by atoms with Crippen LogP contribution < -0.4 is 5.32 Å². The Labute approximate surface area is 120 Å². The first kappa shape index (κ1) is 15.4. The molecule has 1 aromatic carbocycles. The van der Waals surface area contributed by atoms with Crippen molar-refractivity contribution in [3.63, 3.8) is 0 Å². The van der Waals surface area contributed by atoms with Crippen LogP contribution in [0.15, 0.2) is 12.1 Å². The van der Waals surface area contributed by atoms with Gasteiger partial charge in [0.2, 0.25) is 0 Å². The van der Waals surface area contributed by atoms with E-state index in [9.17, 15) is 12.8 Å². The number of hydrogen-bond donors (Lipinski definition) is 1. The van der Waals surface area contributed by atoms with E-state index in [1.54, 1.807) is 13.8 Å². The van der Waals surface area contributed by atoms with Crippen molar-refractivity contribution in [2.24, 2.45) is 5.92 Å². The molecule has 0 aliphatic carbocycles. The highest BCUT2D eigenvalue weighted by Gasteiger charge is 2.34. The molecule has 112 valence electrons. The molecule has 2 atom stereocenters. The van der Waals surface area contributed by atoms with E-state index in [4.69, 9.17) is 0 Å². The Bertz CT molecular complexity index is 575. The number of rotatable bonds is 4. The molecule has 0 amide bonds. The summed E-state index contributed by atoms with van der Waals surface area (Å²) in [5, 5.41) is 3.37. The van der Waals surface area contributed by atoms with Crippen LogP contribution >= 0.6 is 0 Å². The van der Waals surface area contributed by atoms with Gasteiger partial charge in [0.15, 0.2) is 9.84 Å². The minimum absolute atomic E-state index is 0.0183. The van der Waals surface area contributed by atoms with E-state index < -0.39 is 9.84 Å². The summed E-state index contributed by atoms with van der Waals surface area (Å²) in [4.78, 5) is 0. The van der Waals surface area contributed by atoms with Crippen molar-refractivity contribution in [2.75, 3.05) is 18.1 Å². The summed E-state index contributed by atoms with van der Waals surface area (Å²) in [7, 11) is -2.91. The summed E-state index contributed by atoms with van der Waals surface area (Å²) < 4.78 is 37.1. The van der Waals surface area contributed by atoms with Gasteiger partial charge in [0.1, 0.15) is 5.82 Å². The fraction of sp³-hybridized carbons (Fsp3) is 0.600. The molecule has 0 bridgehead atoms. The van der Waals surface area contributed by atoms with E-state index in [1.807, 2.05) is 19.1 Å². The molecule has 1 saturated heterocycles. The van der Waals surface area contributed by atoms with Crippen LogP contribution in [-0.4, -0.2) is 26.5 Å². The zero-order valence-corrected chi connectivity index (χ0v) is 13.1. The maximum atomic E-state index is 13.7. The van der Waals surface area contributed by atoms with E-state index in [2.05, 4.69) is 5.32 Å². The average molecular weight is 299 g/mol. The molecule has 0 saturated carbocycles. The molecule has 2 rings (SSSR count). The molecule has 1 aliphatic heterocycles. The molecule has 1 aliphatic rings. The smallest absolute Gasteiger partial charge is 0.150 e. The highest BCUT2D eigenvalue weighted by atomic mass is 32.2. The quantitative estimate of drug-likeness (QED) is 0.929. The first-order chi connectivity index (χ1) is 9.34. The average Bonchev–Trinajstić information content (AvgIpc) is 2.72. The number of aryl methyl sites for hydroxylation is 2. The lowest BCUT2D eigenvalue weighted by atomic mass is 9.90. The standard InChI is InChI=1S/C15H22FNO2S/c1-4-17-15(12-5-6-20(18,19)9-12)13-7-10(2)14(16)11(3)8-13/h7-8,12,15,17H,4-6,9H2,1-3H3. The number of halogens is 1. The molecular weight excluding hydrogens is 277 g/mol. The van der Waals surface area contributed by atoms with Crippen molar-refractivity contribution in [1.82, 2.24) is 5.32 Å². The normalized spacial score (nSPS) is 22.9. The Hall–Kier alpha value is -0.940. The van der Waals surface area contributed by atoms with Gasteiger partial charge in [-0.15, -0.1) is 0 Å². The van der Waals surface area contributed by atoms with Gasteiger partial charge >= 0.3 is 0 Å². The SMILES string of the molecule is CCNC(c1cc(C)c(F)c(C)c1)C1CCS(=O)(=O)C1. The van der Waals surface area contributed by atoms with Crippen molar-refractivity contribution in [2.45, 2.75) is 33.2 Å². The van der Waals surface area contributed by atoms with Crippen molar-refractivity contribution in [3.8, 4) is 0 Å². The number of benzene rings is 1. The van der Waals surface area contributed by atoms with Gasteiger partial charge in [-0.2, -0.15) is 0 Å². The van der Waals surface area contributed by atoms with Gasteiger partial charge in [-0.3, -0.25) is 0 Å². The van der Waals surface area contributed by atoms with Crippen LogP contribution in [0.4, 0.5) is 4.39 Å². The van der Waals surface area contributed by atoms with Crippen LogP contribution in [0.5, 0.6) is 0 Å². The van der Waals surface area contributed by atoms with E-state index >= 15 is 0 Å². The molecule has 1 aromatic rings. The van der Waals surface area contributed by atoms with Gasteiger partial charge in [0.05, 0.1) is 11.5 Å². The fourth-order valence-electron chi connectivity index (χ4n) is 3.02. The summed E-state index contributed by atoms with van der Waals surface area (Å²) in [5.74, 6) is 0.381. The topological polar surface area (TPSA) is 46.2 Å². The zero-order chi connectivity index (χ0) is 14.9. The highest BCUT2D eigenvalue weighted by Crippen LogP contribution is 2.32. The van der Waals surface area contributed by atoms with Gasteiger partial charge in [0.25, 0.3) is 0 Å². The Kier molecular flexibility index (Phi) is 4.49. The predicted octanol–water partition coefficient (Wildman–Crippen LogP) is 2.53. The summed E-state index contributed by atoms with van der Waals surface area (Å²) >= 11 is 0. The second-order valence-corrected chi connectivity index (χ2v) is 7.90. The lowest BCUT2D eigenvalue weighted by Crippen LogP contribution is -2.29. The number of sulfone groups is 1. The molecule has 20 heavy (non-hydrogen) atoms. The van der Waals surface area contributed by atoms with E-state index in [0.717, 1.165) is 12.1 Å². The van der Waals surface area contributed by atoms with E-state index in [-0.39, 0.29) is 29.3 Å². The van der Waals surface area contributed by atoms with Crippen LogP contribution in [0, 0.1) is 25.6 Å². The van der Waals surface area contributed by atoms with Crippen LogP contribution in [-0.2, 0) is 9.84 Å². The monoisotopic (exact) mass is 299 g/mol. The molecule has 3 nitrogen and oxygen atoms in total. The highest BCUT2D eigenvalue weighted by molar-refractivity contribution is 7.91. The summed E-state index contributed by atoms with van der Waals surface area (Å²) in [5.41, 5.74) is 2.22. The number of nitrogens with one attached hydrogen (secondary N) is 1. The predicted molar refractivity (Wildman–Crippen MR) is 79.1 cm³/mol. The van der Waals surface area contributed by atoms with Gasteiger partial charge < -0.3 is 5.32 Å². The number of hydrogen-bond acceptors (Lipinski definition) is 3. The van der Waals surface area contributed by atoms with Gasteiger partial charge in [0, 0.05) is 6.04 Å². The zero-order valence-electron chi connectivity index (χ0n) is 12.2. The first-order valence-electron chi connectivity index (χ1n) is 7.04. The van der Waals surface area contributed by atoms with Crippen molar-refractivity contribution in [1.29, 1.82) is 0 Å². The van der Waals surface area contributed by atoms with E-state index in [0.29, 0.717) is 17.5 Å². The van der Waals surface area contributed by atoms with Gasteiger partial charge in [-0.25, -0.2) is 12.8 Å². The third-order valence-corrected chi connectivity index (χ3v) is 5.77. The van der Waals surface area contributed by atoms with Crippen molar-refractivity contribution in [3.05, 3.63) is 34.6 Å². The van der Waals surface area contributed by atoms with Crippen LogP contribution in [0.2, 0.25) is 0 Å². The molecule has 1 heterocycles. The first-order valence-corrected chi connectivity index (χ1v) is 8.86. The Morgan fingerprint density at radius 3 is 2.40 bits per heavy atom. The second kappa shape index (κ2) is 5.82. The van der Waals surface area contributed by atoms with E-state index in [1.165, 1.54) is 0 Å². The van der Waals surface area contributed by atoms with Gasteiger partial charge in [-0.05, 0) is 49.4 Å². The minimum Gasteiger partial charge on any atom is -0.310 e. The summed E-state index contributed by atoms with van der Waals surface area (Å²) in [6.07, 6.45) is 0.676. The fourth-order valence-corrected chi connectivity index (χ4v) is 4.86. The Morgan fingerprint density at radius 2 is 1.95 bits per heavy atom. The third kappa shape index (κ3) is 3.20. The molecule has 0 aromatic heterocycles. The second-order valence-electron chi connectivity index (χ2n) is 5.67. The Morgan fingerprint density at radius 1 is 1.35 bits per heavy atom. The van der Waals surface area contributed by atoms with Crippen LogP contribution in [0.1, 0.15) is 36.1 Å². The maximum Gasteiger partial charge on any atom is 0.150 e. The lowest BCUT2D eigenvalue weighted by molar-refractivity contribution is 0.399. The molecular formula is C15H22FNO2S. The van der Waals surface area contributed by atoms with Gasteiger partial charge in [-0.1, -0.05) is 19.1 Å².